The second-order valence-electron chi connectivity index (χ2n) is 11.3. The van der Waals surface area contributed by atoms with E-state index < -0.39 is 35.2 Å². The lowest BCUT2D eigenvalue weighted by Gasteiger charge is -2.27. The number of carboxylic acids is 1. The number of fused-ring (bicyclic) bond motifs is 3. The zero-order valence-electron chi connectivity index (χ0n) is 22.8. The number of likely N-dealkylation sites (tertiary alicyclic amines) is 1. The van der Waals surface area contributed by atoms with E-state index in [1.165, 1.54) is 4.90 Å². The minimum Gasteiger partial charge on any atom is -0.480 e. The molecule has 1 amide bonds. The highest BCUT2D eigenvalue weighted by atomic mass is 16.6. The van der Waals surface area contributed by atoms with Crippen LogP contribution in [0.5, 0.6) is 0 Å². The summed E-state index contributed by atoms with van der Waals surface area (Å²) in [6.45, 7) is 5.16. The van der Waals surface area contributed by atoms with E-state index in [4.69, 9.17) is 9.47 Å². The Bertz CT molecular complexity index is 1370. The first-order valence-corrected chi connectivity index (χ1v) is 13.3. The number of carbonyl (C=O) groups is 3. The molecule has 1 aliphatic carbocycles. The number of hydrogen-bond acceptors (Lipinski definition) is 7. The Hall–Kier alpha value is -4.24. The van der Waals surface area contributed by atoms with Crippen LogP contribution in [-0.4, -0.2) is 63.4 Å². The van der Waals surface area contributed by atoms with Crippen molar-refractivity contribution in [2.24, 2.45) is 0 Å². The van der Waals surface area contributed by atoms with E-state index in [2.05, 4.69) is 10.3 Å². The fourth-order valence-corrected chi connectivity index (χ4v) is 5.49. The maximum atomic E-state index is 13.6. The van der Waals surface area contributed by atoms with Crippen LogP contribution in [0.3, 0.4) is 0 Å². The van der Waals surface area contributed by atoms with Gasteiger partial charge in [-0.2, -0.15) is 0 Å². The minimum atomic E-state index is -1.58. The summed E-state index contributed by atoms with van der Waals surface area (Å²) >= 11 is 0. The molecular weight excluding hydrogens is 510 g/mol. The van der Waals surface area contributed by atoms with E-state index in [0.717, 1.165) is 27.8 Å². The highest BCUT2D eigenvalue weighted by Gasteiger charge is 2.55. The molecule has 9 nitrogen and oxygen atoms in total. The topological polar surface area (TPSA) is 118 Å². The largest absolute Gasteiger partial charge is 0.480 e. The second-order valence-corrected chi connectivity index (χ2v) is 11.3. The molecule has 0 saturated carbocycles. The lowest BCUT2D eigenvalue weighted by atomic mass is 9.95. The van der Waals surface area contributed by atoms with E-state index >= 15 is 0 Å². The van der Waals surface area contributed by atoms with Crippen molar-refractivity contribution in [3.8, 4) is 11.1 Å². The summed E-state index contributed by atoms with van der Waals surface area (Å²) in [6.07, 6.45) is 2.33. The van der Waals surface area contributed by atoms with Crippen molar-refractivity contribution in [1.82, 2.24) is 15.2 Å². The van der Waals surface area contributed by atoms with Crippen LogP contribution in [0.25, 0.3) is 11.1 Å². The number of nitrogens with one attached hydrogen (secondary N) is 1. The molecule has 2 aliphatic rings. The Morgan fingerprint density at radius 3 is 2.25 bits per heavy atom. The number of carbonyl (C=O) groups excluding carboxylic acids is 2. The van der Waals surface area contributed by atoms with Crippen LogP contribution in [0.1, 0.15) is 49.8 Å². The molecule has 2 heterocycles. The number of amides is 1. The average Bonchev–Trinajstić information content (AvgIpc) is 3.48. The van der Waals surface area contributed by atoms with Gasteiger partial charge in [-0.1, -0.05) is 54.6 Å². The molecule has 5 rings (SSSR count). The van der Waals surface area contributed by atoms with Crippen LogP contribution in [0.15, 0.2) is 73.1 Å². The number of pyridine rings is 1. The highest BCUT2D eigenvalue weighted by molar-refractivity contribution is 5.88. The number of rotatable bonds is 7. The first-order chi connectivity index (χ1) is 19.1. The number of ether oxygens (including phenoxy) is 2. The maximum absolute atomic E-state index is 13.6. The normalized spacial score (nSPS) is 20.1. The van der Waals surface area contributed by atoms with Gasteiger partial charge in [-0.25, -0.2) is 9.59 Å². The van der Waals surface area contributed by atoms with Gasteiger partial charge < -0.3 is 14.6 Å². The summed E-state index contributed by atoms with van der Waals surface area (Å²) in [5.74, 6) is -2.02. The molecule has 1 aromatic heterocycles. The Labute approximate surface area is 233 Å². The standard InChI is InChI=1S/C31H33N3O6/c1-30(2,3)40-27(35)26-15-31(28(36)37,33-17-20-9-8-14-32-16-20)19-34(26)29(38)39-18-25-23-12-6-4-10-21(23)22-11-5-7-13-24(22)25/h4-14,16,25-26,33H,15,17-19H2,1-3H3,(H,36,37). The fourth-order valence-electron chi connectivity index (χ4n) is 5.49. The molecule has 0 bridgehead atoms. The monoisotopic (exact) mass is 543 g/mol. The summed E-state index contributed by atoms with van der Waals surface area (Å²) < 4.78 is 11.4. The molecule has 3 aromatic rings. The van der Waals surface area contributed by atoms with Gasteiger partial charge in [0.05, 0.1) is 6.54 Å². The first kappa shape index (κ1) is 27.3. The quantitative estimate of drug-likeness (QED) is 0.422. The van der Waals surface area contributed by atoms with Crippen LogP contribution in [0.2, 0.25) is 0 Å². The third kappa shape index (κ3) is 5.42. The van der Waals surface area contributed by atoms with Gasteiger partial charge in [0, 0.05) is 31.3 Å². The molecule has 0 radical (unpaired) electrons. The average molecular weight is 544 g/mol. The third-order valence-corrected chi connectivity index (χ3v) is 7.37. The van der Waals surface area contributed by atoms with Gasteiger partial charge in [0.1, 0.15) is 23.8 Å². The van der Waals surface area contributed by atoms with Gasteiger partial charge >= 0.3 is 18.0 Å². The van der Waals surface area contributed by atoms with Crippen molar-refractivity contribution < 1.29 is 29.0 Å². The molecule has 0 spiro atoms. The van der Waals surface area contributed by atoms with Crippen molar-refractivity contribution >= 4 is 18.0 Å². The Morgan fingerprint density at radius 1 is 1.02 bits per heavy atom. The number of benzene rings is 2. The summed E-state index contributed by atoms with van der Waals surface area (Å²) in [6, 6.07) is 18.4. The van der Waals surface area contributed by atoms with E-state index in [-0.39, 0.29) is 32.0 Å². The molecule has 1 fully saturated rings. The summed E-state index contributed by atoms with van der Waals surface area (Å²) in [5.41, 5.74) is 2.67. The number of esters is 1. The third-order valence-electron chi connectivity index (χ3n) is 7.37. The van der Waals surface area contributed by atoms with Gasteiger partial charge in [0.2, 0.25) is 0 Å². The highest BCUT2D eigenvalue weighted by Crippen LogP contribution is 2.44. The van der Waals surface area contributed by atoms with Gasteiger partial charge in [-0.15, -0.1) is 0 Å². The smallest absolute Gasteiger partial charge is 0.410 e. The molecule has 2 atom stereocenters. The number of carboxylic acid groups (broad SMARTS) is 1. The van der Waals surface area contributed by atoms with Gasteiger partial charge in [-0.05, 0) is 54.7 Å². The number of hydrogen-bond donors (Lipinski definition) is 2. The van der Waals surface area contributed by atoms with Crippen molar-refractivity contribution in [2.45, 2.75) is 56.8 Å². The van der Waals surface area contributed by atoms with Crippen LogP contribution in [-0.2, 0) is 25.6 Å². The first-order valence-electron chi connectivity index (χ1n) is 13.3. The van der Waals surface area contributed by atoms with Gasteiger partial charge in [0.15, 0.2) is 0 Å². The minimum absolute atomic E-state index is 0.0492. The predicted molar refractivity (Wildman–Crippen MR) is 147 cm³/mol. The summed E-state index contributed by atoms with van der Waals surface area (Å²) in [4.78, 5) is 44.7. The molecular formula is C31H33N3O6. The fraction of sp³-hybridized carbons (Fsp3) is 0.355. The van der Waals surface area contributed by atoms with Crippen molar-refractivity contribution in [1.29, 1.82) is 0 Å². The number of nitrogens with zero attached hydrogens (tertiary/aromatic N) is 2. The van der Waals surface area contributed by atoms with Crippen molar-refractivity contribution in [3.05, 3.63) is 89.7 Å². The lowest BCUT2D eigenvalue weighted by Crippen LogP contribution is -2.54. The predicted octanol–water partition coefficient (Wildman–Crippen LogP) is 4.36. The molecule has 9 heteroatoms. The Kier molecular flexibility index (Phi) is 7.33. The Balaban J connectivity index is 1.38. The van der Waals surface area contributed by atoms with Crippen LogP contribution in [0.4, 0.5) is 4.79 Å². The zero-order valence-corrected chi connectivity index (χ0v) is 22.8. The second kappa shape index (κ2) is 10.7. The van der Waals surface area contributed by atoms with Gasteiger partial charge in [-0.3, -0.25) is 20.0 Å². The van der Waals surface area contributed by atoms with E-state index in [1.54, 1.807) is 39.2 Å². The van der Waals surface area contributed by atoms with Crippen LogP contribution in [0, 0.1) is 0 Å². The molecule has 2 N–H and O–H groups in total. The molecule has 1 aliphatic heterocycles. The molecule has 40 heavy (non-hydrogen) atoms. The van der Waals surface area contributed by atoms with E-state index in [9.17, 15) is 19.5 Å². The number of aromatic nitrogens is 1. The molecule has 2 unspecified atom stereocenters. The van der Waals surface area contributed by atoms with Crippen LogP contribution < -0.4 is 5.32 Å². The SMILES string of the molecule is CC(C)(C)OC(=O)C1CC(NCc2cccnc2)(C(=O)O)CN1C(=O)OCC1c2ccccc2-c2ccccc21. The van der Waals surface area contributed by atoms with Gasteiger partial charge in [0.25, 0.3) is 0 Å². The molecule has 208 valence electrons. The van der Waals surface area contributed by atoms with Crippen LogP contribution >= 0.6 is 0 Å². The number of aliphatic carboxylic acids is 1. The zero-order chi connectivity index (χ0) is 28.5. The van der Waals surface area contributed by atoms with Crippen molar-refractivity contribution in [3.63, 3.8) is 0 Å². The molecule has 1 saturated heterocycles. The van der Waals surface area contributed by atoms with E-state index in [1.807, 2.05) is 54.6 Å². The van der Waals surface area contributed by atoms with Crippen molar-refractivity contribution in [2.75, 3.05) is 13.2 Å². The maximum Gasteiger partial charge on any atom is 0.410 e. The summed E-state index contributed by atoms with van der Waals surface area (Å²) in [5, 5.41) is 13.4. The van der Waals surface area contributed by atoms with E-state index in [0.29, 0.717) is 0 Å². The Morgan fingerprint density at radius 2 is 1.68 bits per heavy atom. The lowest BCUT2D eigenvalue weighted by molar-refractivity contribution is -0.159. The molecule has 2 aromatic carbocycles. The summed E-state index contributed by atoms with van der Waals surface area (Å²) in [7, 11) is 0.